The molecule has 12 heavy (non-hydrogen) atoms. The molecule has 3 rings (SSSR count). The Morgan fingerprint density at radius 3 is 3.33 bits per heavy atom. The van der Waals surface area contributed by atoms with E-state index in [2.05, 4.69) is 23.1 Å². The Kier molecular flexibility index (Phi) is 1.38. The molecule has 2 heterocycles. The molecule has 0 aliphatic carbocycles. The summed E-state index contributed by atoms with van der Waals surface area (Å²) in [5, 5.41) is 0. The molecule has 0 bridgehead atoms. The Morgan fingerprint density at radius 1 is 1.33 bits per heavy atom. The minimum absolute atomic E-state index is 1.17. The molecule has 1 aromatic rings. The maximum Gasteiger partial charge on any atom is 0.0687 e. The van der Waals surface area contributed by atoms with Crippen LogP contribution in [0.3, 0.4) is 0 Å². The predicted molar refractivity (Wildman–Crippen MR) is 52.8 cm³/mol. The fraction of sp³-hybridized carbons (Fsp3) is 0.400. The lowest BCUT2D eigenvalue weighted by atomic mass is 10.0. The summed E-state index contributed by atoms with van der Waals surface area (Å²) < 4.78 is 0. The van der Waals surface area contributed by atoms with Crippen LogP contribution in [0.5, 0.6) is 0 Å². The second kappa shape index (κ2) is 2.43. The van der Waals surface area contributed by atoms with Crippen molar-refractivity contribution in [3.63, 3.8) is 0 Å². The molecule has 0 spiro atoms. The van der Waals surface area contributed by atoms with Gasteiger partial charge in [-0.3, -0.25) is 0 Å². The van der Waals surface area contributed by atoms with E-state index >= 15 is 0 Å². The lowest BCUT2D eigenvalue weighted by Gasteiger charge is -2.25. The summed E-state index contributed by atoms with van der Waals surface area (Å²) in [5.74, 6) is 1.17. The highest BCUT2D eigenvalue weighted by Gasteiger charge is 2.24. The van der Waals surface area contributed by atoms with Crippen molar-refractivity contribution in [2.45, 2.75) is 17.7 Å². The van der Waals surface area contributed by atoms with E-state index < -0.39 is 0 Å². The highest BCUT2D eigenvalue weighted by atomic mass is 32.2. The molecule has 0 aromatic heterocycles. The van der Waals surface area contributed by atoms with Gasteiger partial charge in [0.1, 0.15) is 0 Å². The largest absolute Gasteiger partial charge is 0.361 e. The second-order valence-corrected chi connectivity index (χ2v) is 4.39. The number of benzene rings is 1. The van der Waals surface area contributed by atoms with Crippen LogP contribution in [0.4, 0.5) is 5.69 Å². The normalized spacial score (nSPS) is 19.5. The third kappa shape index (κ3) is 0.816. The highest BCUT2D eigenvalue weighted by Crippen LogP contribution is 2.43. The van der Waals surface area contributed by atoms with E-state index in [9.17, 15) is 0 Å². The molecule has 1 aromatic carbocycles. The van der Waals surface area contributed by atoms with E-state index in [-0.39, 0.29) is 0 Å². The first-order chi connectivity index (χ1) is 5.95. The summed E-state index contributed by atoms with van der Waals surface area (Å²) in [6.07, 6.45) is 2.61. The average Bonchev–Trinajstić information content (AvgIpc) is 2.52. The predicted octanol–water partition coefficient (Wildman–Crippen LogP) is 2.50. The number of hydrogen-bond acceptors (Lipinski definition) is 2. The third-order valence-electron chi connectivity index (χ3n) is 2.65. The van der Waals surface area contributed by atoms with Gasteiger partial charge in [0.05, 0.1) is 11.6 Å². The number of aryl methyl sites for hydroxylation is 1. The summed E-state index contributed by atoms with van der Waals surface area (Å²) in [4.78, 5) is 4.01. The van der Waals surface area contributed by atoms with Gasteiger partial charge in [-0.15, -0.1) is 11.8 Å². The smallest absolute Gasteiger partial charge is 0.0687 e. The van der Waals surface area contributed by atoms with Crippen molar-refractivity contribution in [3.05, 3.63) is 23.8 Å². The molecule has 2 aliphatic heterocycles. The zero-order chi connectivity index (χ0) is 7.97. The number of hydrogen-bond donors (Lipinski definition) is 0. The summed E-state index contributed by atoms with van der Waals surface area (Å²) >= 11 is 1.98. The zero-order valence-electron chi connectivity index (χ0n) is 6.92. The van der Waals surface area contributed by atoms with Crippen molar-refractivity contribution in [1.29, 1.82) is 0 Å². The van der Waals surface area contributed by atoms with Crippen LogP contribution < -0.4 is 4.90 Å². The molecular weight excluding hydrogens is 166 g/mol. The molecule has 62 valence electrons. The fourth-order valence-corrected chi connectivity index (χ4v) is 3.22. The SMILES string of the molecule is c1cc2c3c(c1)SCN3CCC2. The number of para-hydroxylation sites is 1. The van der Waals surface area contributed by atoms with Crippen molar-refractivity contribution in [2.24, 2.45) is 0 Å². The highest BCUT2D eigenvalue weighted by molar-refractivity contribution is 7.99. The topological polar surface area (TPSA) is 3.24 Å². The van der Waals surface area contributed by atoms with Crippen LogP contribution >= 0.6 is 11.8 Å². The molecule has 2 heteroatoms. The maximum absolute atomic E-state index is 2.51. The Hall–Kier alpha value is -0.630. The molecule has 1 nitrogen and oxygen atoms in total. The van der Waals surface area contributed by atoms with Gasteiger partial charge in [-0.2, -0.15) is 0 Å². The molecular formula is C10H11NS. The molecule has 0 atom stereocenters. The van der Waals surface area contributed by atoms with Gasteiger partial charge in [0.25, 0.3) is 0 Å². The van der Waals surface area contributed by atoms with Crippen LogP contribution in [0.1, 0.15) is 12.0 Å². The van der Waals surface area contributed by atoms with Gasteiger partial charge in [0.2, 0.25) is 0 Å². The molecule has 0 N–H and O–H groups in total. The van der Waals surface area contributed by atoms with Gasteiger partial charge >= 0.3 is 0 Å². The summed E-state index contributed by atoms with van der Waals surface area (Å²) in [5.41, 5.74) is 3.09. The van der Waals surface area contributed by atoms with Gasteiger partial charge in [0, 0.05) is 11.4 Å². The van der Waals surface area contributed by atoms with E-state index in [1.54, 1.807) is 5.56 Å². The Balaban J connectivity index is 2.23. The molecule has 0 radical (unpaired) electrons. The monoisotopic (exact) mass is 177 g/mol. The van der Waals surface area contributed by atoms with E-state index in [4.69, 9.17) is 0 Å². The quantitative estimate of drug-likeness (QED) is 0.599. The van der Waals surface area contributed by atoms with Crippen molar-refractivity contribution in [3.8, 4) is 0 Å². The lowest BCUT2D eigenvalue weighted by Crippen LogP contribution is -2.25. The first-order valence-corrected chi connectivity index (χ1v) is 5.43. The number of thioether (sulfide) groups is 1. The molecule has 0 saturated heterocycles. The van der Waals surface area contributed by atoms with Crippen LogP contribution in [-0.4, -0.2) is 12.4 Å². The van der Waals surface area contributed by atoms with Crippen LogP contribution in [0.15, 0.2) is 23.1 Å². The Morgan fingerprint density at radius 2 is 2.33 bits per heavy atom. The van der Waals surface area contributed by atoms with Gasteiger partial charge in [-0.25, -0.2) is 0 Å². The fourth-order valence-electron chi connectivity index (χ4n) is 2.09. The Bertz CT molecular complexity index is 322. The lowest BCUT2D eigenvalue weighted by molar-refractivity contribution is 0.737. The standard InChI is InChI=1S/C10H11NS/c1-3-8-4-2-6-11-7-12-9(5-1)10(8)11/h1,3,5H,2,4,6-7H2. The van der Waals surface area contributed by atoms with Crippen LogP contribution in [0.2, 0.25) is 0 Å². The second-order valence-electron chi connectivity index (χ2n) is 3.40. The van der Waals surface area contributed by atoms with Crippen LogP contribution in [0.25, 0.3) is 0 Å². The van der Waals surface area contributed by atoms with Crippen LogP contribution in [-0.2, 0) is 6.42 Å². The minimum atomic E-state index is 1.17. The summed E-state index contributed by atoms with van der Waals surface area (Å²) in [6.45, 7) is 1.26. The summed E-state index contributed by atoms with van der Waals surface area (Å²) in [7, 11) is 0. The maximum atomic E-state index is 2.51. The van der Waals surface area contributed by atoms with Crippen molar-refractivity contribution in [2.75, 3.05) is 17.3 Å². The van der Waals surface area contributed by atoms with E-state index in [1.165, 1.54) is 35.8 Å². The van der Waals surface area contributed by atoms with E-state index in [1.807, 2.05) is 11.8 Å². The van der Waals surface area contributed by atoms with Gasteiger partial charge in [0.15, 0.2) is 0 Å². The van der Waals surface area contributed by atoms with Crippen molar-refractivity contribution < 1.29 is 0 Å². The molecule has 2 aliphatic rings. The van der Waals surface area contributed by atoms with Gasteiger partial charge in [-0.1, -0.05) is 12.1 Å². The Labute approximate surface area is 76.8 Å². The molecule has 0 saturated carbocycles. The third-order valence-corrected chi connectivity index (χ3v) is 3.73. The first kappa shape index (κ1) is 6.84. The summed E-state index contributed by atoms with van der Waals surface area (Å²) in [6, 6.07) is 6.71. The minimum Gasteiger partial charge on any atom is -0.361 e. The average molecular weight is 177 g/mol. The zero-order valence-corrected chi connectivity index (χ0v) is 7.73. The number of rotatable bonds is 0. The molecule has 0 fully saturated rings. The van der Waals surface area contributed by atoms with E-state index in [0.717, 1.165) is 0 Å². The van der Waals surface area contributed by atoms with Crippen molar-refractivity contribution >= 4 is 17.4 Å². The van der Waals surface area contributed by atoms with Gasteiger partial charge < -0.3 is 4.90 Å². The molecule has 0 unspecified atom stereocenters. The van der Waals surface area contributed by atoms with Crippen LogP contribution in [0, 0.1) is 0 Å². The first-order valence-electron chi connectivity index (χ1n) is 4.45. The molecule has 0 amide bonds. The number of nitrogens with zero attached hydrogens (tertiary/aromatic N) is 1. The van der Waals surface area contributed by atoms with Gasteiger partial charge in [-0.05, 0) is 24.5 Å². The number of anilines is 1. The van der Waals surface area contributed by atoms with Crippen molar-refractivity contribution in [1.82, 2.24) is 0 Å². The van der Waals surface area contributed by atoms with E-state index in [0.29, 0.717) is 0 Å².